The van der Waals surface area contributed by atoms with Gasteiger partial charge in [0.05, 0.1) is 29.5 Å². The number of rotatable bonds is 6. The lowest BCUT2D eigenvalue weighted by Gasteiger charge is -2.29. The third-order valence-corrected chi connectivity index (χ3v) is 5.64. The number of halogens is 1. The number of anilines is 3. The molecule has 2 amide bonds. The van der Waals surface area contributed by atoms with Gasteiger partial charge in [0.15, 0.2) is 0 Å². The van der Waals surface area contributed by atoms with Crippen molar-refractivity contribution in [3.8, 4) is 0 Å². The molecule has 1 saturated heterocycles. The summed E-state index contributed by atoms with van der Waals surface area (Å²) in [4.78, 5) is 32.3. The first-order valence-electron chi connectivity index (χ1n) is 10.8. The molecular formula is C25H24ClN5O3. The topological polar surface area (TPSA) is 107 Å². The van der Waals surface area contributed by atoms with E-state index in [1.165, 1.54) is 6.20 Å². The van der Waals surface area contributed by atoms with E-state index in [1.807, 2.05) is 6.07 Å². The average Bonchev–Trinajstić information content (AvgIpc) is 2.86. The molecule has 0 bridgehead atoms. The summed E-state index contributed by atoms with van der Waals surface area (Å²) in [5, 5.41) is 13.8. The molecule has 0 saturated carbocycles. The Morgan fingerprint density at radius 3 is 2.32 bits per heavy atom. The van der Waals surface area contributed by atoms with Gasteiger partial charge < -0.3 is 25.7 Å². The quantitative estimate of drug-likeness (QED) is 0.454. The predicted molar refractivity (Wildman–Crippen MR) is 134 cm³/mol. The second-order valence-corrected chi connectivity index (χ2v) is 8.24. The van der Waals surface area contributed by atoms with Crippen molar-refractivity contribution in [1.82, 2.24) is 4.98 Å². The van der Waals surface area contributed by atoms with Crippen LogP contribution in [0, 0.1) is 5.41 Å². The maximum Gasteiger partial charge on any atom is 0.259 e. The van der Waals surface area contributed by atoms with Crippen molar-refractivity contribution in [2.24, 2.45) is 0 Å². The van der Waals surface area contributed by atoms with E-state index in [4.69, 9.17) is 21.7 Å². The van der Waals surface area contributed by atoms with Gasteiger partial charge in [0.1, 0.15) is 5.82 Å². The number of nitrogens with one attached hydrogen (secondary N) is 3. The highest BCUT2D eigenvalue weighted by Crippen LogP contribution is 2.26. The molecule has 3 N–H and O–H groups in total. The standard InChI is InChI=1S/C25H24ClN5O3/c1-16(27)17-2-4-18(5-3-17)24(32)29-22-8-7-20(31-10-12-34-13-11-31)14-21(22)25(33)30-23-9-6-19(26)15-28-23/h2-9,14-15,27H,10-13H2,1H3,(H,29,32)(H,28,30,33). The Kier molecular flexibility index (Phi) is 7.20. The zero-order valence-corrected chi connectivity index (χ0v) is 19.4. The zero-order valence-electron chi connectivity index (χ0n) is 18.6. The lowest BCUT2D eigenvalue weighted by molar-refractivity contribution is 0.102. The molecular weight excluding hydrogens is 454 g/mol. The van der Waals surface area contributed by atoms with Crippen LogP contribution in [0.5, 0.6) is 0 Å². The smallest absolute Gasteiger partial charge is 0.259 e. The second kappa shape index (κ2) is 10.5. The van der Waals surface area contributed by atoms with E-state index >= 15 is 0 Å². The largest absolute Gasteiger partial charge is 0.378 e. The van der Waals surface area contributed by atoms with Crippen LogP contribution in [0.15, 0.2) is 60.8 Å². The normalized spacial score (nSPS) is 13.3. The van der Waals surface area contributed by atoms with Crippen LogP contribution in [0.4, 0.5) is 17.2 Å². The third kappa shape index (κ3) is 5.59. The van der Waals surface area contributed by atoms with E-state index in [0.29, 0.717) is 59.7 Å². The van der Waals surface area contributed by atoms with Crippen molar-refractivity contribution >= 4 is 46.3 Å². The molecule has 1 fully saturated rings. The van der Waals surface area contributed by atoms with Crippen molar-refractivity contribution in [3.05, 3.63) is 82.5 Å². The van der Waals surface area contributed by atoms with E-state index < -0.39 is 5.91 Å². The summed E-state index contributed by atoms with van der Waals surface area (Å²) in [5.41, 5.74) is 3.12. The molecule has 0 radical (unpaired) electrons. The van der Waals surface area contributed by atoms with Gasteiger partial charge in [0, 0.05) is 36.2 Å². The number of amides is 2. The van der Waals surface area contributed by atoms with Gasteiger partial charge in [-0.15, -0.1) is 0 Å². The van der Waals surface area contributed by atoms with Gasteiger partial charge in [-0.05, 0) is 55.0 Å². The molecule has 0 atom stereocenters. The van der Waals surface area contributed by atoms with E-state index in [9.17, 15) is 9.59 Å². The fourth-order valence-corrected chi connectivity index (χ4v) is 3.66. The number of carbonyl (C=O) groups excluding carboxylic acids is 2. The molecule has 9 heteroatoms. The molecule has 34 heavy (non-hydrogen) atoms. The first kappa shape index (κ1) is 23.4. The molecule has 1 aromatic heterocycles. The molecule has 1 aliphatic heterocycles. The van der Waals surface area contributed by atoms with Gasteiger partial charge in [-0.25, -0.2) is 4.98 Å². The highest BCUT2D eigenvalue weighted by molar-refractivity contribution is 6.30. The van der Waals surface area contributed by atoms with E-state index in [0.717, 1.165) is 11.3 Å². The van der Waals surface area contributed by atoms with Crippen molar-refractivity contribution in [2.45, 2.75) is 6.92 Å². The average molecular weight is 478 g/mol. The molecule has 8 nitrogen and oxygen atoms in total. The van der Waals surface area contributed by atoms with Gasteiger partial charge in [-0.1, -0.05) is 23.7 Å². The minimum absolute atomic E-state index is 0.307. The van der Waals surface area contributed by atoms with Crippen molar-refractivity contribution in [3.63, 3.8) is 0 Å². The molecule has 0 spiro atoms. The highest BCUT2D eigenvalue weighted by atomic mass is 35.5. The summed E-state index contributed by atoms with van der Waals surface area (Å²) in [6.45, 7) is 4.33. The lowest BCUT2D eigenvalue weighted by Crippen LogP contribution is -2.36. The van der Waals surface area contributed by atoms with Crippen LogP contribution in [0.25, 0.3) is 0 Å². The molecule has 2 heterocycles. The molecule has 4 rings (SSSR count). The van der Waals surface area contributed by atoms with Crippen LogP contribution in [-0.4, -0.2) is 48.8 Å². The summed E-state index contributed by atoms with van der Waals surface area (Å²) in [7, 11) is 0. The predicted octanol–water partition coefficient (Wildman–Crippen LogP) is 4.46. The molecule has 1 aliphatic rings. The Hall–Kier alpha value is -3.75. The minimum Gasteiger partial charge on any atom is -0.378 e. The van der Waals surface area contributed by atoms with Crippen LogP contribution in [-0.2, 0) is 4.74 Å². The number of pyridine rings is 1. The van der Waals surface area contributed by atoms with Gasteiger partial charge >= 0.3 is 0 Å². The van der Waals surface area contributed by atoms with Gasteiger partial charge in [0.25, 0.3) is 11.8 Å². The number of morpholine rings is 1. The summed E-state index contributed by atoms with van der Waals surface area (Å²) in [6, 6.07) is 15.4. The number of hydrogen-bond acceptors (Lipinski definition) is 6. The van der Waals surface area contributed by atoms with Crippen molar-refractivity contribution in [1.29, 1.82) is 5.41 Å². The molecule has 3 aromatic rings. The number of benzene rings is 2. The Labute approximate surface area is 202 Å². The molecule has 174 valence electrons. The Morgan fingerprint density at radius 1 is 0.971 bits per heavy atom. The van der Waals surface area contributed by atoms with E-state index in [1.54, 1.807) is 55.5 Å². The number of nitrogens with zero attached hydrogens (tertiary/aromatic N) is 2. The van der Waals surface area contributed by atoms with Crippen LogP contribution in [0.2, 0.25) is 5.02 Å². The van der Waals surface area contributed by atoms with Gasteiger partial charge in [0.2, 0.25) is 0 Å². The summed E-state index contributed by atoms with van der Waals surface area (Å²) in [5.74, 6) is -0.414. The first-order valence-corrected chi connectivity index (χ1v) is 11.1. The maximum absolute atomic E-state index is 13.2. The fourth-order valence-electron chi connectivity index (χ4n) is 3.55. The Bertz CT molecular complexity index is 1210. The summed E-state index contributed by atoms with van der Waals surface area (Å²) >= 11 is 5.89. The lowest BCUT2D eigenvalue weighted by atomic mass is 10.1. The number of carbonyl (C=O) groups is 2. The van der Waals surface area contributed by atoms with Crippen LogP contribution in [0.3, 0.4) is 0 Å². The van der Waals surface area contributed by atoms with Crippen molar-refractivity contribution in [2.75, 3.05) is 41.8 Å². The third-order valence-electron chi connectivity index (χ3n) is 5.42. The monoisotopic (exact) mass is 477 g/mol. The second-order valence-electron chi connectivity index (χ2n) is 7.80. The van der Waals surface area contributed by atoms with Gasteiger partial charge in [-0.3, -0.25) is 9.59 Å². The van der Waals surface area contributed by atoms with E-state index in [2.05, 4.69) is 20.5 Å². The highest BCUT2D eigenvalue weighted by Gasteiger charge is 2.19. The van der Waals surface area contributed by atoms with Crippen LogP contribution < -0.4 is 15.5 Å². The van der Waals surface area contributed by atoms with Crippen molar-refractivity contribution < 1.29 is 14.3 Å². The summed E-state index contributed by atoms with van der Waals surface area (Å²) in [6.07, 6.45) is 1.45. The first-order chi connectivity index (χ1) is 16.4. The van der Waals surface area contributed by atoms with Crippen LogP contribution >= 0.6 is 11.6 Å². The summed E-state index contributed by atoms with van der Waals surface area (Å²) < 4.78 is 5.43. The number of hydrogen-bond donors (Lipinski definition) is 3. The number of ether oxygens (including phenoxy) is 1. The molecule has 0 unspecified atom stereocenters. The maximum atomic E-state index is 13.2. The zero-order chi connectivity index (χ0) is 24.1. The van der Waals surface area contributed by atoms with Gasteiger partial charge in [-0.2, -0.15) is 0 Å². The van der Waals surface area contributed by atoms with Crippen LogP contribution in [0.1, 0.15) is 33.2 Å². The molecule has 2 aromatic carbocycles. The van der Waals surface area contributed by atoms with E-state index in [-0.39, 0.29) is 5.91 Å². The Balaban J connectivity index is 1.61. The molecule has 0 aliphatic carbocycles. The Morgan fingerprint density at radius 2 is 1.68 bits per heavy atom. The minimum atomic E-state index is -0.407. The SMILES string of the molecule is CC(=N)c1ccc(C(=O)Nc2ccc(N3CCOCC3)cc2C(=O)Nc2ccc(Cl)cn2)cc1. The fraction of sp³-hybridized carbons (Fsp3) is 0.200. The number of aromatic nitrogens is 1.